The molecule has 0 aliphatic carbocycles. The molecular formula is C13H9N2O4S2-. The lowest BCUT2D eigenvalue weighted by Gasteiger charge is -2.13. The Morgan fingerprint density at radius 1 is 1.38 bits per heavy atom. The molecule has 1 saturated heterocycles. The third-order valence-corrected chi connectivity index (χ3v) is 3.83. The molecule has 8 heteroatoms. The summed E-state index contributed by atoms with van der Waals surface area (Å²) < 4.78 is 0.174. The van der Waals surface area contributed by atoms with Crippen molar-refractivity contribution >= 4 is 52.2 Å². The standard InChI is InChI=1S/C13H10N2O4S2/c1-7(16)14-15-11(17)10(21-13(15)20)6-8-4-2-3-5-9(8)12(18)19/h2-6H,1H3,(H,14,16)(H,18,19)/p-1/b10-6-. The molecular weight excluding hydrogens is 312 g/mol. The molecule has 1 aromatic carbocycles. The smallest absolute Gasteiger partial charge is 0.285 e. The van der Waals surface area contributed by atoms with Gasteiger partial charge in [-0.25, -0.2) is 0 Å². The summed E-state index contributed by atoms with van der Waals surface area (Å²) in [5, 5.41) is 12.0. The average Bonchev–Trinajstić information content (AvgIpc) is 2.66. The van der Waals surface area contributed by atoms with Gasteiger partial charge in [-0.1, -0.05) is 36.0 Å². The molecule has 2 amide bonds. The van der Waals surface area contributed by atoms with Gasteiger partial charge in [-0.05, 0) is 23.9 Å². The van der Waals surface area contributed by atoms with Gasteiger partial charge in [0.1, 0.15) is 0 Å². The third kappa shape index (κ3) is 3.29. The highest BCUT2D eigenvalue weighted by Crippen LogP contribution is 2.31. The number of carboxylic acid groups (broad SMARTS) is 1. The Morgan fingerprint density at radius 2 is 2.05 bits per heavy atom. The number of hydrogen-bond acceptors (Lipinski definition) is 6. The molecule has 108 valence electrons. The quantitative estimate of drug-likeness (QED) is 0.636. The SMILES string of the molecule is CC(=O)NN1C(=O)/C(=C/c2ccccc2C(=O)[O-])SC1=S. The predicted octanol–water partition coefficient (Wildman–Crippen LogP) is 0.302. The van der Waals surface area contributed by atoms with Crippen LogP contribution in [-0.4, -0.2) is 27.1 Å². The predicted molar refractivity (Wildman–Crippen MR) is 79.6 cm³/mol. The summed E-state index contributed by atoms with van der Waals surface area (Å²) in [4.78, 5) is 34.4. The van der Waals surface area contributed by atoms with Crippen LogP contribution in [0.2, 0.25) is 0 Å². The minimum atomic E-state index is -1.33. The van der Waals surface area contributed by atoms with E-state index in [-0.39, 0.29) is 14.8 Å². The van der Waals surface area contributed by atoms with E-state index in [0.717, 1.165) is 16.8 Å². The lowest BCUT2D eigenvalue weighted by Crippen LogP contribution is -2.43. The van der Waals surface area contributed by atoms with Gasteiger partial charge < -0.3 is 9.90 Å². The number of hydrazine groups is 1. The van der Waals surface area contributed by atoms with Gasteiger partial charge in [0.25, 0.3) is 5.91 Å². The maximum absolute atomic E-state index is 12.1. The Hall–Kier alpha value is -2.19. The minimum Gasteiger partial charge on any atom is -0.545 e. The number of amides is 2. The van der Waals surface area contributed by atoms with Crippen molar-refractivity contribution in [1.82, 2.24) is 10.4 Å². The number of rotatable bonds is 3. The first-order valence-corrected chi connectivity index (χ1v) is 6.98. The summed E-state index contributed by atoms with van der Waals surface area (Å²) in [6.45, 7) is 1.26. The lowest BCUT2D eigenvalue weighted by atomic mass is 10.1. The van der Waals surface area contributed by atoms with E-state index >= 15 is 0 Å². The van der Waals surface area contributed by atoms with E-state index in [4.69, 9.17) is 12.2 Å². The Balaban J connectivity index is 2.35. The number of thioether (sulfide) groups is 1. The maximum Gasteiger partial charge on any atom is 0.285 e. The van der Waals surface area contributed by atoms with Crippen molar-refractivity contribution in [2.24, 2.45) is 0 Å². The van der Waals surface area contributed by atoms with E-state index < -0.39 is 17.8 Å². The van der Waals surface area contributed by atoms with Crippen LogP contribution in [0.1, 0.15) is 22.8 Å². The fraction of sp³-hybridized carbons (Fsp3) is 0.0769. The van der Waals surface area contributed by atoms with Crippen molar-refractivity contribution in [3.63, 3.8) is 0 Å². The molecule has 0 unspecified atom stereocenters. The van der Waals surface area contributed by atoms with Gasteiger partial charge >= 0.3 is 0 Å². The Morgan fingerprint density at radius 3 is 2.67 bits per heavy atom. The van der Waals surface area contributed by atoms with Crippen LogP contribution in [0, 0.1) is 0 Å². The van der Waals surface area contributed by atoms with E-state index in [9.17, 15) is 19.5 Å². The van der Waals surface area contributed by atoms with Gasteiger partial charge in [-0.2, -0.15) is 5.01 Å². The fourth-order valence-electron chi connectivity index (χ4n) is 1.67. The first kappa shape index (κ1) is 15.2. The van der Waals surface area contributed by atoms with Crippen molar-refractivity contribution in [2.45, 2.75) is 6.92 Å². The number of aromatic carboxylic acids is 1. The second kappa shape index (κ2) is 6.06. The third-order valence-electron chi connectivity index (χ3n) is 2.53. The van der Waals surface area contributed by atoms with Crippen LogP contribution in [0.3, 0.4) is 0 Å². The highest BCUT2D eigenvalue weighted by molar-refractivity contribution is 8.26. The number of carboxylic acids is 1. The highest BCUT2D eigenvalue weighted by atomic mass is 32.2. The molecule has 0 radical (unpaired) electrons. The molecule has 0 spiro atoms. The van der Waals surface area contributed by atoms with Crippen LogP contribution in [-0.2, 0) is 9.59 Å². The van der Waals surface area contributed by atoms with Gasteiger partial charge in [0.05, 0.1) is 10.9 Å². The van der Waals surface area contributed by atoms with Crippen LogP contribution in [0.5, 0.6) is 0 Å². The van der Waals surface area contributed by atoms with E-state index in [2.05, 4.69) is 5.43 Å². The molecule has 1 heterocycles. The molecule has 21 heavy (non-hydrogen) atoms. The zero-order chi connectivity index (χ0) is 15.6. The number of hydrogen-bond donors (Lipinski definition) is 1. The van der Waals surface area contributed by atoms with E-state index in [1.54, 1.807) is 18.2 Å². The van der Waals surface area contributed by atoms with Crippen molar-refractivity contribution in [1.29, 1.82) is 0 Å². The molecule has 0 saturated carbocycles. The summed E-state index contributed by atoms with van der Waals surface area (Å²) in [7, 11) is 0. The lowest BCUT2D eigenvalue weighted by molar-refractivity contribution is -0.255. The molecule has 0 bridgehead atoms. The van der Waals surface area contributed by atoms with Gasteiger partial charge in [0.15, 0.2) is 4.32 Å². The summed E-state index contributed by atoms with van der Waals surface area (Å²) in [6, 6.07) is 6.14. The molecule has 1 aliphatic heterocycles. The first-order valence-electron chi connectivity index (χ1n) is 5.75. The molecule has 6 nitrogen and oxygen atoms in total. The van der Waals surface area contributed by atoms with Gasteiger partial charge in [0.2, 0.25) is 5.91 Å². The van der Waals surface area contributed by atoms with Gasteiger partial charge in [0, 0.05) is 12.5 Å². The average molecular weight is 321 g/mol. The normalized spacial score (nSPS) is 16.4. The Kier molecular flexibility index (Phi) is 4.39. The minimum absolute atomic E-state index is 0.0257. The maximum atomic E-state index is 12.1. The molecule has 2 rings (SSSR count). The van der Waals surface area contributed by atoms with Crippen molar-refractivity contribution in [3.8, 4) is 0 Å². The first-order chi connectivity index (χ1) is 9.90. The number of nitrogens with one attached hydrogen (secondary N) is 1. The van der Waals surface area contributed by atoms with Gasteiger partial charge in [-0.3, -0.25) is 15.0 Å². The molecule has 0 aromatic heterocycles. The number of thiocarbonyl (C=S) groups is 1. The van der Waals surface area contributed by atoms with E-state index in [0.29, 0.717) is 5.56 Å². The Labute approximate surface area is 129 Å². The van der Waals surface area contributed by atoms with E-state index in [1.165, 1.54) is 19.1 Å². The second-order valence-corrected chi connectivity index (χ2v) is 5.74. The van der Waals surface area contributed by atoms with Crippen molar-refractivity contribution in [2.75, 3.05) is 0 Å². The van der Waals surface area contributed by atoms with Crippen LogP contribution >= 0.6 is 24.0 Å². The topological polar surface area (TPSA) is 89.5 Å². The molecule has 1 aliphatic rings. The van der Waals surface area contributed by atoms with Crippen molar-refractivity contribution in [3.05, 3.63) is 40.3 Å². The molecule has 1 N–H and O–H groups in total. The summed E-state index contributed by atoms with van der Waals surface area (Å²) in [6.07, 6.45) is 1.41. The molecule has 1 fully saturated rings. The summed E-state index contributed by atoms with van der Waals surface area (Å²) >= 11 is 5.98. The summed E-state index contributed by atoms with van der Waals surface area (Å²) in [5.74, 6) is -2.27. The van der Waals surface area contributed by atoms with Crippen LogP contribution in [0.25, 0.3) is 6.08 Å². The number of benzene rings is 1. The van der Waals surface area contributed by atoms with Crippen molar-refractivity contribution < 1.29 is 19.5 Å². The van der Waals surface area contributed by atoms with E-state index in [1.807, 2.05) is 0 Å². The summed E-state index contributed by atoms with van der Waals surface area (Å²) in [5.41, 5.74) is 2.62. The molecule has 0 atom stereocenters. The number of carbonyl (C=O) groups is 3. The van der Waals surface area contributed by atoms with Crippen LogP contribution < -0.4 is 10.5 Å². The monoisotopic (exact) mass is 321 g/mol. The Bertz CT molecular complexity index is 685. The second-order valence-electron chi connectivity index (χ2n) is 4.06. The largest absolute Gasteiger partial charge is 0.545 e. The van der Waals surface area contributed by atoms with Gasteiger partial charge in [-0.15, -0.1) is 0 Å². The fourth-order valence-corrected chi connectivity index (χ4v) is 2.84. The zero-order valence-corrected chi connectivity index (χ0v) is 12.4. The zero-order valence-electron chi connectivity index (χ0n) is 10.8. The number of carbonyl (C=O) groups excluding carboxylic acids is 3. The highest BCUT2D eigenvalue weighted by Gasteiger charge is 2.33. The number of nitrogens with zero attached hydrogens (tertiary/aromatic N) is 1. The van der Waals surface area contributed by atoms with Crippen LogP contribution in [0.15, 0.2) is 29.2 Å². The van der Waals surface area contributed by atoms with Crippen LogP contribution in [0.4, 0.5) is 0 Å². The molecule has 1 aromatic rings.